The summed E-state index contributed by atoms with van der Waals surface area (Å²) in [5, 5.41) is 0. The van der Waals surface area contributed by atoms with E-state index >= 15 is 0 Å². The average molecular weight is 238 g/mol. The summed E-state index contributed by atoms with van der Waals surface area (Å²) in [5.74, 6) is 0. The lowest BCUT2D eigenvalue weighted by atomic mass is 10.2. The first-order chi connectivity index (χ1) is 6.29. The Kier molecular flexibility index (Phi) is 2.14. The van der Waals surface area contributed by atoms with Crippen molar-refractivity contribution in [3.8, 4) is 11.3 Å². The van der Waals surface area contributed by atoms with Gasteiger partial charge in [0.05, 0.1) is 12.0 Å². The molecule has 0 atom stereocenters. The van der Waals surface area contributed by atoms with Crippen LogP contribution >= 0.6 is 15.9 Å². The maximum atomic E-state index is 4.14. The van der Waals surface area contributed by atoms with Crippen molar-refractivity contribution in [3.63, 3.8) is 0 Å². The van der Waals surface area contributed by atoms with E-state index in [4.69, 9.17) is 0 Å². The van der Waals surface area contributed by atoms with Crippen molar-refractivity contribution in [2.45, 2.75) is 0 Å². The van der Waals surface area contributed by atoms with Gasteiger partial charge in [-0.05, 0) is 28.1 Å². The van der Waals surface area contributed by atoms with E-state index in [-0.39, 0.29) is 0 Å². The second-order valence-corrected chi connectivity index (χ2v) is 3.49. The molecular weight excluding hydrogens is 230 g/mol. The Morgan fingerprint density at radius 2 is 2.31 bits per heavy atom. The number of halogens is 1. The first-order valence-corrected chi connectivity index (χ1v) is 4.65. The fourth-order valence-electron chi connectivity index (χ4n) is 1.23. The Morgan fingerprint density at radius 1 is 1.46 bits per heavy atom. The van der Waals surface area contributed by atoms with Crippen LogP contribution in [0.25, 0.3) is 11.3 Å². The van der Waals surface area contributed by atoms with Crippen molar-refractivity contribution >= 4 is 15.9 Å². The molecule has 0 aromatic carbocycles. The van der Waals surface area contributed by atoms with Crippen molar-refractivity contribution in [1.29, 1.82) is 0 Å². The molecule has 0 aliphatic heterocycles. The minimum absolute atomic E-state index is 0.850. The van der Waals surface area contributed by atoms with Crippen LogP contribution in [0.4, 0.5) is 0 Å². The molecule has 0 aliphatic carbocycles. The van der Waals surface area contributed by atoms with Gasteiger partial charge in [0.25, 0.3) is 0 Å². The van der Waals surface area contributed by atoms with Crippen molar-refractivity contribution in [2.75, 3.05) is 0 Å². The Labute approximate surface area is 84.6 Å². The molecule has 3 nitrogen and oxygen atoms in total. The fraction of sp³-hybridized carbons (Fsp3) is 0.111. The summed E-state index contributed by atoms with van der Waals surface area (Å²) in [5.41, 5.74) is 2.11. The molecule has 2 aromatic heterocycles. The third-order valence-electron chi connectivity index (χ3n) is 1.83. The van der Waals surface area contributed by atoms with E-state index in [1.54, 1.807) is 12.5 Å². The number of aryl methyl sites for hydroxylation is 1. The Bertz CT molecular complexity index is 389. The van der Waals surface area contributed by atoms with E-state index in [1.165, 1.54) is 0 Å². The number of imidazole rings is 1. The summed E-state index contributed by atoms with van der Waals surface area (Å²) < 4.78 is 2.81. The molecule has 0 radical (unpaired) electrons. The summed E-state index contributed by atoms with van der Waals surface area (Å²) in [4.78, 5) is 8.21. The van der Waals surface area contributed by atoms with Gasteiger partial charge in [0.2, 0.25) is 0 Å². The number of pyridine rings is 1. The quantitative estimate of drug-likeness (QED) is 0.762. The second-order valence-electron chi connectivity index (χ2n) is 2.74. The van der Waals surface area contributed by atoms with Crippen LogP contribution in [-0.4, -0.2) is 14.5 Å². The van der Waals surface area contributed by atoms with Crippen LogP contribution < -0.4 is 0 Å². The SMILES string of the molecule is Cn1cnc(Br)c1-c1cccnc1. The van der Waals surface area contributed by atoms with Gasteiger partial charge in [-0.1, -0.05) is 0 Å². The smallest absolute Gasteiger partial charge is 0.132 e. The molecule has 2 aromatic rings. The minimum Gasteiger partial charge on any atom is -0.333 e. The maximum Gasteiger partial charge on any atom is 0.132 e. The van der Waals surface area contributed by atoms with Gasteiger partial charge in [-0.25, -0.2) is 4.98 Å². The fourth-order valence-corrected chi connectivity index (χ4v) is 1.83. The van der Waals surface area contributed by atoms with E-state index in [0.29, 0.717) is 0 Å². The number of aromatic nitrogens is 3. The van der Waals surface area contributed by atoms with E-state index in [1.807, 2.05) is 29.9 Å². The molecule has 2 rings (SSSR count). The normalized spacial score (nSPS) is 10.3. The van der Waals surface area contributed by atoms with Crippen molar-refractivity contribution in [1.82, 2.24) is 14.5 Å². The minimum atomic E-state index is 0.850. The molecule has 13 heavy (non-hydrogen) atoms. The lowest BCUT2D eigenvalue weighted by Crippen LogP contribution is -1.89. The van der Waals surface area contributed by atoms with E-state index < -0.39 is 0 Å². The van der Waals surface area contributed by atoms with Gasteiger partial charge in [0.15, 0.2) is 0 Å². The third-order valence-corrected chi connectivity index (χ3v) is 2.41. The number of nitrogens with zero attached hydrogens (tertiary/aromatic N) is 3. The Balaban J connectivity index is 2.59. The summed E-state index contributed by atoms with van der Waals surface area (Å²) in [6.07, 6.45) is 5.35. The first-order valence-electron chi connectivity index (χ1n) is 3.86. The maximum absolute atomic E-state index is 4.14. The molecule has 0 fully saturated rings. The second kappa shape index (κ2) is 3.30. The van der Waals surface area contributed by atoms with Gasteiger partial charge >= 0.3 is 0 Å². The molecule has 66 valence electrons. The predicted molar refractivity (Wildman–Crippen MR) is 54.1 cm³/mol. The summed E-state index contributed by atoms with van der Waals surface area (Å²) >= 11 is 3.39. The van der Waals surface area contributed by atoms with Crippen LogP contribution in [0.5, 0.6) is 0 Å². The summed E-state index contributed by atoms with van der Waals surface area (Å²) in [6.45, 7) is 0. The van der Waals surface area contributed by atoms with Gasteiger partial charge in [0.1, 0.15) is 4.60 Å². The monoisotopic (exact) mass is 237 g/mol. The number of hydrogen-bond acceptors (Lipinski definition) is 2. The van der Waals surface area contributed by atoms with Gasteiger partial charge in [-0.3, -0.25) is 4.98 Å². The van der Waals surface area contributed by atoms with Crippen molar-refractivity contribution < 1.29 is 0 Å². The highest BCUT2D eigenvalue weighted by molar-refractivity contribution is 9.10. The average Bonchev–Trinajstić information content (AvgIpc) is 2.48. The zero-order valence-corrected chi connectivity index (χ0v) is 8.69. The van der Waals surface area contributed by atoms with Crippen LogP contribution in [-0.2, 0) is 7.05 Å². The van der Waals surface area contributed by atoms with Crippen LogP contribution in [0.1, 0.15) is 0 Å². The first kappa shape index (κ1) is 8.44. The number of hydrogen-bond donors (Lipinski definition) is 0. The van der Waals surface area contributed by atoms with Gasteiger partial charge in [-0.15, -0.1) is 0 Å². The predicted octanol–water partition coefficient (Wildman–Crippen LogP) is 2.24. The summed E-state index contributed by atoms with van der Waals surface area (Å²) in [7, 11) is 1.96. The summed E-state index contributed by atoms with van der Waals surface area (Å²) in [6, 6.07) is 3.92. The molecule has 0 unspecified atom stereocenters. The van der Waals surface area contributed by atoms with Crippen molar-refractivity contribution in [2.24, 2.45) is 7.05 Å². The molecule has 2 heterocycles. The van der Waals surface area contributed by atoms with Crippen LogP contribution in [0.3, 0.4) is 0 Å². The molecule has 4 heteroatoms. The lowest BCUT2D eigenvalue weighted by molar-refractivity contribution is 0.920. The highest BCUT2D eigenvalue weighted by atomic mass is 79.9. The molecular formula is C9H8BrN3. The number of rotatable bonds is 1. The lowest BCUT2D eigenvalue weighted by Gasteiger charge is -2.01. The zero-order chi connectivity index (χ0) is 9.26. The molecule has 0 saturated heterocycles. The highest BCUT2D eigenvalue weighted by Gasteiger charge is 2.07. The largest absolute Gasteiger partial charge is 0.333 e. The van der Waals surface area contributed by atoms with E-state index in [2.05, 4.69) is 25.9 Å². The topological polar surface area (TPSA) is 30.7 Å². The van der Waals surface area contributed by atoms with Crippen LogP contribution in [0.15, 0.2) is 35.5 Å². The van der Waals surface area contributed by atoms with Crippen molar-refractivity contribution in [3.05, 3.63) is 35.5 Å². The molecule has 0 saturated carbocycles. The molecule has 0 N–H and O–H groups in total. The Hall–Kier alpha value is -1.16. The van der Waals surface area contributed by atoms with Gasteiger partial charge in [-0.2, -0.15) is 0 Å². The van der Waals surface area contributed by atoms with Gasteiger partial charge < -0.3 is 4.57 Å². The van der Waals surface area contributed by atoms with Crippen LogP contribution in [0.2, 0.25) is 0 Å². The third kappa shape index (κ3) is 1.49. The molecule has 0 spiro atoms. The molecule has 0 bridgehead atoms. The standard InChI is InChI=1S/C9H8BrN3/c1-13-6-12-9(10)8(13)7-3-2-4-11-5-7/h2-6H,1H3. The van der Waals surface area contributed by atoms with Crippen LogP contribution in [0, 0.1) is 0 Å². The molecule has 0 aliphatic rings. The van der Waals surface area contributed by atoms with E-state index in [0.717, 1.165) is 15.9 Å². The van der Waals surface area contributed by atoms with E-state index in [9.17, 15) is 0 Å². The zero-order valence-electron chi connectivity index (χ0n) is 7.11. The Morgan fingerprint density at radius 3 is 2.85 bits per heavy atom. The van der Waals surface area contributed by atoms with Gasteiger partial charge in [0, 0.05) is 25.0 Å². The molecule has 0 amide bonds. The highest BCUT2D eigenvalue weighted by Crippen LogP contribution is 2.25.